The van der Waals surface area contributed by atoms with E-state index in [1.807, 2.05) is 24.3 Å². The lowest BCUT2D eigenvalue weighted by atomic mass is 10.1. The van der Waals surface area contributed by atoms with E-state index in [4.69, 9.17) is 4.74 Å². The van der Waals surface area contributed by atoms with Gasteiger partial charge in [0, 0.05) is 31.6 Å². The van der Waals surface area contributed by atoms with Crippen molar-refractivity contribution >= 4 is 5.91 Å². The zero-order valence-electron chi connectivity index (χ0n) is 11.7. The standard InChI is InChI=1S/C15H18N4O2/c20-15(17-12-5-9-21-10-6-12)11-19-8-4-14(18-19)13-3-1-2-7-16-13/h1-4,7-8,12H,5-6,9-11H2,(H,17,20). The number of ether oxygens (including phenoxy) is 1. The first-order valence-corrected chi connectivity index (χ1v) is 7.13. The number of hydrogen-bond donors (Lipinski definition) is 1. The van der Waals surface area contributed by atoms with Gasteiger partial charge in [-0.05, 0) is 31.0 Å². The molecule has 1 aliphatic heterocycles. The molecule has 0 unspecified atom stereocenters. The summed E-state index contributed by atoms with van der Waals surface area (Å²) in [7, 11) is 0. The minimum absolute atomic E-state index is 0.0161. The van der Waals surface area contributed by atoms with Crippen molar-refractivity contribution in [1.29, 1.82) is 0 Å². The highest BCUT2D eigenvalue weighted by molar-refractivity contribution is 5.76. The molecule has 110 valence electrons. The van der Waals surface area contributed by atoms with Crippen LogP contribution in [0.1, 0.15) is 12.8 Å². The van der Waals surface area contributed by atoms with Crippen LogP contribution in [0.5, 0.6) is 0 Å². The molecule has 0 aliphatic carbocycles. The van der Waals surface area contributed by atoms with Crippen molar-refractivity contribution in [2.75, 3.05) is 13.2 Å². The van der Waals surface area contributed by atoms with E-state index in [9.17, 15) is 4.79 Å². The van der Waals surface area contributed by atoms with Crippen LogP contribution in [-0.4, -0.2) is 39.9 Å². The summed E-state index contributed by atoms with van der Waals surface area (Å²) in [5, 5.41) is 7.40. The van der Waals surface area contributed by atoms with E-state index in [0.717, 1.165) is 37.4 Å². The van der Waals surface area contributed by atoms with Crippen LogP contribution in [0.3, 0.4) is 0 Å². The molecule has 2 aromatic heterocycles. The monoisotopic (exact) mass is 286 g/mol. The summed E-state index contributed by atoms with van der Waals surface area (Å²) in [5.74, 6) is -0.0161. The molecule has 0 saturated carbocycles. The van der Waals surface area contributed by atoms with Gasteiger partial charge in [-0.15, -0.1) is 0 Å². The Morgan fingerprint density at radius 2 is 2.14 bits per heavy atom. The fraction of sp³-hybridized carbons (Fsp3) is 0.400. The molecular weight excluding hydrogens is 268 g/mol. The summed E-state index contributed by atoms with van der Waals surface area (Å²) >= 11 is 0. The van der Waals surface area contributed by atoms with Gasteiger partial charge >= 0.3 is 0 Å². The quantitative estimate of drug-likeness (QED) is 0.918. The maximum Gasteiger partial charge on any atom is 0.241 e. The van der Waals surface area contributed by atoms with Gasteiger partial charge in [-0.1, -0.05) is 6.07 Å². The van der Waals surface area contributed by atoms with Crippen molar-refractivity contribution in [1.82, 2.24) is 20.1 Å². The molecular formula is C15H18N4O2. The Morgan fingerprint density at radius 3 is 2.90 bits per heavy atom. The second-order valence-corrected chi connectivity index (χ2v) is 5.07. The topological polar surface area (TPSA) is 69.0 Å². The van der Waals surface area contributed by atoms with E-state index in [0.29, 0.717) is 0 Å². The second kappa shape index (κ2) is 6.49. The predicted molar refractivity (Wildman–Crippen MR) is 77.4 cm³/mol. The van der Waals surface area contributed by atoms with Crippen LogP contribution in [0.2, 0.25) is 0 Å². The fourth-order valence-electron chi connectivity index (χ4n) is 2.36. The largest absolute Gasteiger partial charge is 0.381 e. The van der Waals surface area contributed by atoms with Gasteiger partial charge in [-0.2, -0.15) is 5.10 Å². The van der Waals surface area contributed by atoms with Crippen molar-refractivity contribution in [2.45, 2.75) is 25.4 Å². The van der Waals surface area contributed by atoms with Crippen molar-refractivity contribution in [3.63, 3.8) is 0 Å². The van der Waals surface area contributed by atoms with Gasteiger partial charge in [0.1, 0.15) is 12.2 Å². The Labute approximate surface area is 123 Å². The lowest BCUT2D eigenvalue weighted by Crippen LogP contribution is -2.40. The van der Waals surface area contributed by atoms with Crippen LogP contribution >= 0.6 is 0 Å². The number of hydrogen-bond acceptors (Lipinski definition) is 4. The van der Waals surface area contributed by atoms with Gasteiger partial charge in [-0.25, -0.2) is 0 Å². The maximum atomic E-state index is 12.0. The molecule has 2 aromatic rings. The summed E-state index contributed by atoms with van der Waals surface area (Å²) < 4.78 is 6.91. The number of pyridine rings is 1. The third kappa shape index (κ3) is 3.66. The second-order valence-electron chi connectivity index (χ2n) is 5.07. The van der Waals surface area contributed by atoms with Crippen molar-refractivity contribution in [2.24, 2.45) is 0 Å². The van der Waals surface area contributed by atoms with Crippen LogP contribution in [0.4, 0.5) is 0 Å². The number of rotatable bonds is 4. The molecule has 1 saturated heterocycles. The first kappa shape index (κ1) is 13.8. The molecule has 0 atom stereocenters. The third-order valence-electron chi connectivity index (χ3n) is 3.46. The molecule has 1 aliphatic rings. The Morgan fingerprint density at radius 1 is 1.29 bits per heavy atom. The van der Waals surface area contributed by atoms with Crippen LogP contribution in [-0.2, 0) is 16.1 Å². The third-order valence-corrected chi connectivity index (χ3v) is 3.46. The van der Waals surface area contributed by atoms with Gasteiger partial charge in [0.25, 0.3) is 0 Å². The van der Waals surface area contributed by atoms with Crippen LogP contribution in [0.25, 0.3) is 11.4 Å². The number of amides is 1. The molecule has 3 rings (SSSR count). The SMILES string of the molecule is O=C(Cn1ccc(-c2ccccn2)n1)NC1CCOCC1. The van der Waals surface area contributed by atoms with Crippen LogP contribution < -0.4 is 5.32 Å². The molecule has 1 N–H and O–H groups in total. The Hall–Kier alpha value is -2.21. The average molecular weight is 286 g/mol. The molecule has 0 radical (unpaired) electrons. The predicted octanol–water partition coefficient (Wildman–Crippen LogP) is 1.24. The van der Waals surface area contributed by atoms with Crippen LogP contribution in [0.15, 0.2) is 36.7 Å². The number of nitrogens with zero attached hydrogens (tertiary/aromatic N) is 3. The molecule has 3 heterocycles. The van der Waals surface area contributed by atoms with E-state index in [1.165, 1.54) is 0 Å². The number of aromatic nitrogens is 3. The molecule has 0 bridgehead atoms. The lowest BCUT2D eigenvalue weighted by molar-refractivity contribution is -0.123. The van der Waals surface area contributed by atoms with E-state index in [1.54, 1.807) is 17.1 Å². The van der Waals surface area contributed by atoms with Gasteiger partial charge in [-0.3, -0.25) is 14.5 Å². The molecule has 0 spiro atoms. The molecule has 6 nitrogen and oxygen atoms in total. The zero-order chi connectivity index (χ0) is 14.5. The molecule has 21 heavy (non-hydrogen) atoms. The molecule has 1 amide bonds. The molecule has 6 heteroatoms. The number of nitrogens with one attached hydrogen (secondary N) is 1. The van der Waals surface area contributed by atoms with E-state index in [2.05, 4.69) is 15.4 Å². The van der Waals surface area contributed by atoms with E-state index in [-0.39, 0.29) is 18.5 Å². The minimum Gasteiger partial charge on any atom is -0.381 e. The Bertz CT molecular complexity index is 591. The van der Waals surface area contributed by atoms with Gasteiger partial charge in [0.05, 0.1) is 5.69 Å². The highest BCUT2D eigenvalue weighted by atomic mass is 16.5. The van der Waals surface area contributed by atoms with E-state index >= 15 is 0 Å². The zero-order valence-corrected chi connectivity index (χ0v) is 11.7. The smallest absolute Gasteiger partial charge is 0.241 e. The summed E-state index contributed by atoms with van der Waals surface area (Å²) in [4.78, 5) is 16.2. The fourth-order valence-corrected chi connectivity index (χ4v) is 2.36. The van der Waals surface area contributed by atoms with Crippen molar-refractivity contribution in [3.8, 4) is 11.4 Å². The first-order chi connectivity index (χ1) is 10.3. The Balaban J connectivity index is 1.58. The van der Waals surface area contributed by atoms with Gasteiger partial charge in [0.2, 0.25) is 5.91 Å². The summed E-state index contributed by atoms with van der Waals surface area (Å²) in [6.45, 7) is 1.66. The molecule has 0 aromatic carbocycles. The lowest BCUT2D eigenvalue weighted by Gasteiger charge is -2.23. The first-order valence-electron chi connectivity index (χ1n) is 7.13. The summed E-state index contributed by atoms with van der Waals surface area (Å²) in [6, 6.07) is 7.76. The summed E-state index contributed by atoms with van der Waals surface area (Å²) in [6.07, 6.45) is 5.29. The molecule has 1 fully saturated rings. The number of carbonyl (C=O) groups is 1. The van der Waals surface area contributed by atoms with Gasteiger partial charge < -0.3 is 10.1 Å². The minimum atomic E-state index is -0.0161. The van der Waals surface area contributed by atoms with Gasteiger partial charge in [0.15, 0.2) is 0 Å². The average Bonchev–Trinajstić information content (AvgIpc) is 2.97. The Kier molecular flexibility index (Phi) is 4.25. The van der Waals surface area contributed by atoms with Crippen LogP contribution in [0, 0.1) is 0 Å². The normalized spacial score (nSPS) is 15.8. The van der Waals surface area contributed by atoms with Crippen molar-refractivity contribution < 1.29 is 9.53 Å². The summed E-state index contributed by atoms with van der Waals surface area (Å²) in [5.41, 5.74) is 1.58. The maximum absolute atomic E-state index is 12.0. The highest BCUT2D eigenvalue weighted by Gasteiger charge is 2.16. The van der Waals surface area contributed by atoms with Crippen molar-refractivity contribution in [3.05, 3.63) is 36.7 Å². The highest BCUT2D eigenvalue weighted by Crippen LogP contribution is 2.12. The van der Waals surface area contributed by atoms with E-state index < -0.39 is 0 Å². The number of carbonyl (C=O) groups excluding carboxylic acids is 1.